The van der Waals surface area contributed by atoms with E-state index in [1.165, 1.54) is 6.07 Å². The smallest absolute Gasteiger partial charge is 0.370 e. The second kappa shape index (κ2) is 6.07. The number of imidazole rings is 1. The van der Waals surface area contributed by atoms with Crippen LogP contribution in [0.25, 0.3) is 11.0 Å². The second-order valence-electron chi connectivity index (χ2n) is 6.01. The van der Waals surface area contributed by atoms with Crippen molar-refractivity contribution in [2.75, 3.05) is 24.6 Å². The van der Waals surface area contributed by atoms with Crippen LogP contribution in [0.2, 0.25) is 0 Å². The molecular weight excluding hydrogens is 331 g/mol. The van der Waals surface area contributed by atoms with Crippen LogP contribution in [0.1, 0.15) is 17.2 Å². The SMILES string of the molecule is FC(F)(F)c1cccc(C2CN(c3nc4ccccc4[nH]3)CCO2)c1. The monoisotopic (exact) mass is 347 g/mol. The number of fused-ring (bicyclic) bond motifs is 1. The van der Waals surface area contributed by atoms with Crippen molar-refractivity contribution in [3.05, 3.63) is 59.7 Å². The fourth-order valence-corrected chi connectivity index (χ4v) is 3.05. The number of para-hydroxylation sites is 2. The van der Waals surface area contributed by atoms with E-state index in [1.807, 2.05) is 29.2 Å². The van der Waals surface area contributed by atoms with Crippen molar-refractivity contribution in [1.29, 1.82) is 0 Å². The topological polar surface area (TPSA) is 41.2 Å². The Morgan fingerprint density at radius 3 is 2.76 bits per heavy atom. The molecule has 1 atom stereocenters. The van der Waals surface area contributed by atoms with E-state index in [2.05, 4.69) is 9.97 Å². The molecule has 4 rings (SSSR count). The lowest BCUT2D eigenvalue weighted by molar-refractivity contribution is -0.137. The summed E-state index contributed by atoms with van der Waals surface area (Å²) in [5.74, 6) is 0.710. The summed E-state index contributed by atoms with van der Waals surface area (Å²) in [6.07, 6.45) is -4.78. The summed E-state index contributed by atoms with van der Waals surface area (Å²) in [5.41, 5.74) is 1.66. The average Bonchev–Trinajstić information content (AvgIpc) is 3.05. The highest BCUT2D eigenvalue weighted by Gasteiger charge is 2.32. The standard InChI is InChI=1S/C18H16F3N3O/c19-18(20,21)13-5-3-4-12(10-13)16-11-24(8-9-25-16)17-22-14-6-1-2-7-15(14)23-17/h1-7,10,16H,8-9,11H2,(H,22,23). The van der Waals surface area contributed by atoms with Gasteiger partial charge in [-0.05, 0) is 29.8 Å². The van der Waals surface area contributed by atoms with Gasteiger partial charge < -0.3 is 14.6 Å². The number of hydrogen-bond donors (Lipinski definition) is 1. The molecule has 1 unspecified atom stereocenters. The molecule has 0 bridgehead atoms. The number of morpholine rings is 1. The van der Waals surface area contributed by atoms with Gasteiger partial charge in [0.05, 0.1) is 29.7 Å². The number of aromatic amines is 1. The third kappa shape index (κ3) is 3.19. The Morgan fingerprint density at radius 2 is 1.96 bits per heavy atom. The minimum absolute atomic E-state index is 0.427. The van der Waals surface area contributed by atoms with Gasteiger partial charge in [0.1, 0.15) is 6.10 Å². The van der Waals surface area contributed by atoms with E-state index < -0.39 is 17.8 Å². The molecule has 2 heterocycles. The summed E-state index contributed by atoms with van der Waals surface area (Å²) in [5, 5.41) is 0. The van der Waals surface area contributed by atoms with Gasteiger partial charge in [-0.2, -0.15) is 13.2 Å². The number of nitrogens with zero attached hydrogens (tertiary/aromatic N) is 2. The van der Waals surface area contributed by atoms with E-state index in [-0.39, 0.29) is 0 Å². The number of halogens is 3. The molecule has 1 aliphatic heterocycles. The van der Waals surface area contributed by atoms with Gasteiger partial charge in [0.2, 0.25) is 5.95 Å². The van der Waals surface area contributed by atoms with Crippen LogP contribution < -0.4 is 4.90 Å². The van der Waals surface area contributed by atoms with Crippen LogP contribution >= 0.6 is 0 Å². The van der Waals surface area contributed by atoms with Crippen LogP contribution in [0.3, 0.4) is 0 Å². The number of H-pyrrole nitrogens is 1. The van der Waals surface area contributed by atoms with Crippen molar-refractivity contribution in [1.82, 2.24) is 9.97 Å². The molecule has 7 heteroatoms. The van der Waals surface area contributed by atoms with E-state index in [1.54, 1.807) is 6.07 Å². The van der Waals surface area contributed by atoms with Crippen molar-refractivity contribution in [2.45, 2.75) is 12.3 Å². The van der Waals surface area contributed by atoms with Crippen LogP contribution in [-0.4, -0.2) is 29.7 Å². The average molecular weight is 347 g/mol. The largest absolute Gasteiger partial charge is 0.416 e. The summed E-state index contributed by atoms with van der Waals surface area (Å²) in [7, 11) is 0. The first-order chi connectivity index (χ1) is 12.0. The van der Waals surface area contributed by atoms with Gasteiger partial charge in [0.15, 0.2) is 0 Å². The van der Waals surface area contributed by atoms with Crippen LogP contribution in [0, 0.1) is 0 Å². The third-order valence-corrected chi connectivity index (χ3v) is 4.33. The van der Waals surface area contributed by atoms with E-state index in [4.69, 9.17) is 4.74 Å². The fourth-order valence-electron chi connectivity index (χ4n) is 3.05. The molecule has 4 nitrogen and oxygen atoms in total. The number of rotatable bonds is 2. The molecule has 1 saturated heterocycles. The number of alkyl halides is 3. The van der Waals surface area contributed by atoms with Crippen molar-refractivity contribution in [3.8, 4) is 0 Å². The van der Waals surface area contributed by atoms with Gasteiger partial charge in [0.25, 0.3) is 0 Å². The number of aromatic nitrogens is 2. The van der Waals surface area contributed by atoms with Gasteiger partial charge in [-0.15, -0.1) is 0 Å². The maximum absolute atomic E-state index is 12.9. The maximum Gasteiger partial charge on any atom is 0.416 e. The summed E-state index contributed by atoms with van der Waals surface area (Å²) in [6.45, 7) is 1.51. The number of anilines is 1. The number of benzene rings is 2. The predicted molar refractivity (Wildman–Crippen MR) is 88.4 cm³/mol. The Hall–Kier alpha value is -2.54. The van der Waals surface area contributed by atoms with Crippen molar-refractivity contribution < 1.29 is 17.9 Å². The minimum Gasteiger partial charge on any atom is -0.370 e. The first kappa shape index (κ1) is 16.0. The second-order valence-corrected chi connectivity index (χ2v) is 6.01. The maximum atomic E-state index is 12.9. The van der Waals surface area contributed by atoms with Crippen molar-refractivity contribution in [3.63, 3.8) is 0 Å². The van der Waals surface area contributed by atoms with Crippen LogP contribution in [0.5, 0.6) is 0 Å². The quantitative estimate of drug-likeness (QED) is 0.757. The molecule has 3 aromatic rings. The third-order valence-electron chi connectivity index (χ3n) is 4.33. The van der Waals surface area contributed by atoms with Gasteiger partial charge in [-0.1, -0.05) is 24.3 Å². The predicted octanol–water partition coefficient (Wildman–Crippen LogP) is 4.16. The molecule has 1 fully saturated rings. The van der Waals surface area contributed by atoms with Gasteiger partial charge >= 0.3 is 6.18 Å². The molecule has 1 aliphatic rings. The Kier molecular flexibility index (Phi) is 3.88. The van der Waals surface area contributed by atoms with Crippen molar-refractivity contribution in [2.24, 2.45) is 0 Å². The fraction of sp³-hybridized carbons (Fsp3) is 0.278. The lowest BCUT2D eigenvalue weighted by Crippen LogP contribution is -2.39. The zero-order valence-corrected chi connectivity index (χ0v) is 13.3. The molecule has 1 aromatic heterocycles. The molecule has 0 spiro atoms. The Morgan fingerprint density at radius 1 is 1.12 bits per heavy atom. The molecule has 1 N–H and O–H groups in total. The highest BCUT2D eigenvalue weighted by Crippen LogP contribution is 2.32. The van der Waals surface area contributed by atoms with Gasteiger partial charge in [0, 0.05) is 6.54 Å². The summed E-state index contributed by atoms with van der Waals surface area (Å²) >= 11 is 0. The van der Waals surface area contributed by atoms with E-state index >= 15 is 0 Å². The lowest BCUT2D eigenvalue weighted by Gasteiger charge is -2.33. The van der Waals surface area contributed by atoms with Gasteiger partial charge in [-0.25, -0.2) is 4.98 Å². The van der Waals surface area contributed by atoms with Crippen LogP contribution in [0.15, 0.2) is 48.5 Å². The first-order valence-corrected chi connectivity index (χ1v) is 7.99. The Balaban J connectivity index is 1.59. The lowest BCUT2D eigenvalue weighted by atomic mass is 10.0. The van der Waals surface area contributed by atoms with Crippen molar-refractivity contribution >= 4 is 17.0 Å². The number of nitrogens with one attached hydrogen (secondary N) is 1. The molecule has 2 aromatic carbocycles. The summed E-state index contributed by atoms with van der Waals surface area (Å²) < 4.78 is 44.5. The van der Waals surface area contributed by atoms with E-state index in [0.29, 0.717) is 31.2 Å². The zero-order chi connectivity index (χ0) is 17.4. The Bertz CT molecular complexity index is 857. The normalized spacial score (nSPS) is 18.7. The highest BCUT2D eigenvalue weighted by atomic mass is 19.4. The molecule has 25 heavy (non-hydrogen) atoms. The van der Waals surface area contributed by atoms with E-state index in [0.717, 1.165) is 23.2 Å². The molecular formula is C18H16F3N3O. The minimum atomic E-state index is -4.36. The molecule has 0 saturated carbocycles. The zero-order valence-electron chi connectivity index (χ0n) is 13.3. The van der Waals surface area contributed by atoms with Crippen LogP contribution in [0.4, 0.5) is 19.1 Å². The molecule has 0 aliphatic carbocycles. The summed E-state index contributed by atoms with van der Waals surface area (Å²) in [6, 6.07) is 13.0. The highest BCUT2D eigenvalue weighted by molar-refractivity contribution is 5.77. The number of ether oxygens (including phenoxy) is 1. The van der Waals surface area contributed by atoms with Gasteiger partial charge in [-0.3, -0.25) is 0 Å². The Labute approximate surface area is 142 Å². The van der Waals surface area contributed by atoms with E-state index in [9.17, 15) is 13.2 Å². The van der Waals surface area contributed by atoms with Crippen LogP contribution in [-0.2, 0) is 10.9 Å². The molecule has 130 valence electrons. The molecule has 0 radical (unpaired) electrons. The first-order valence-electron chi connectivity index (χ1n) is 7.99. The number of hydrogen-bond acceptors (Lipinski definition) is 3. The summed E-state index contributed by atoms with van der Waals surface area (Å²) in [4.78, 5) is 9.82. The molecule has 0 amide bonds.